The largest absolute Gasteiger partial charge is 1.00 e. The smallest absolute Gasteiger partial charge is 0.0838 e. The first-order valence-electron chi connectivity index (χ1n) is 9.03. The predicted octanol–water partition coefficient (Wildman–Crippen LogP) is 3.05. The molecular weight excluding hydrogens is 1120 g/mol. The van der Waals surface area contributed by atoms with Gasteiger partial charge in [-0.05, 0) is 24.3 Å². The van der Waals surface area contributed by atoms with Crippen LogP contribution in [0.5, 0.6) is 0 Å². The van der Waals surface area contributed by atoms with Crippen molar-refractivity contribution in [3.63, 3.8) is 0 Å². The van der Waals surface area contributed by atoms with Crippen LogP contribution in [-0.4, -0.2) is 25.3 Å². The van der Waals surface area contributed by atoms with E-state index in [1.165, 1.54) is 20.6 Å². The molecule has 0 radical (unpaired) electrons. The summed E-state index contributed by atoms with van der Waals surface area (Å²) in [6, 6.07) is 20.9. The van der Waals surface area contributed by atoms with E-state index in [4.69, 9.17) is 0 Å². The highest BCUT2D eigenvalue weighted by atomic mass is 127. The predicted molar refractivity (Wildman–Crippen MR) is 169 cm³/mol. The minimum Gasteiger partial charge on any atom is -1.00 e. The van der Waals surface area contributed by atoms with Crippen molar-refractivity contribution < 1.29 is 48.0 Å². The van der Waals surface area contributed by atoms with Gasteiger partial charge in [0.2, 0.25) is 0 Å². The SMILES string of the molecule is ICC(I)Sc1cccc2cccnc12.ICC(I)Sc1cccc2cccnc12.[I-].[I-]. The number of fused-ring (bicyclic) bond motifs is 2. The van der Waals surface area contributed by atoms with Crippen LogP contribution in [0.15, 0.2) is 82.8 Å². The highest BCUT2D eigenvalue weighted by Crippen LogP contribution is 2.34. The number of hydrogen-bond donors (Lipinski definition) is 0. The van der Waals surface area contributed by atoms with Crippen molar-refractivity contribution in [1.29, 1.82) is 0 Å². The number of thioether (sulfide) groups is 2. The maximum absolute atomic E-state index is 4.44. The van der Waals surface area contributed by atoms with Crippen molar-refractivity contribution >= 4 is 136 Å². The summed E-state index contributed by atoms with van der Waals surface area (Å²) in [5.74, 6) is 0. The van der Waals surface area contributed by atoms with Crippen molar-refractivity contribution in [1.82, 2.24) is 9.97 Å². The molecule has 10 heteroatoms. The van der Waals surface area contributed by atoms with Crippen LogP contribution in [0.3, 0.4) is 0 Å². The van der Waals surface area contributed by atoms with Gasteiger partial charge in [-0.3, -0.25) is 9.97 Å². The van der Waals surface area contributed by atoms with Gasteiger partial charge in [0.1, 0.15) is 0 Å². The molecule has 0 aliphatic carbocycles. The van der Waals surface area contributed by atoms with Crippen LogP contribution in [0.25, 0.3) is 21.8 Å². The molecule has 4 rings (SSSR count). The Labute approximate surface area is 286 Å². The van der Waals surface area contributed by atoms with Gasteiger partial charge in [-0.1, -0.05) is 127 Å². The Bertz CT molecular complexity index is 1000. The minimum absolute atomic E-state index is 0. The second kappa shape index (κ2) is 17.7. The molecular formula is C22H18I6N2S2-2. The zero-order chi connectivity index (χ0) is 21.3. The number of pyridine rings is 2. The summed E-state index contributed by atoms with van der Waals surface area (Å²) >= 11 is 13.5. The van der Waals surface area contributed by atoms with E-state index >= 15 is 0 Å². The van der Waals surface area contributed by atoms with Gasteiger partial charge in [-0.2, -0.15) is 0 Å². The third-order valence-electron chi connectivity index (χ3n) is 3.94. The summed E-state index contributed by atoms with van der Waals surface area (Å²) in [7, 11) is 0. The number of alkyl halides is 4. The van der Waals surface area contributed by atoms with E-state index in [1.807, 2.05) is 48.1 Å². The second-order valence-electron chi connectivity index (χ2n) is 6.03. The number of halogens is 6. The van der Waals surface area contributed by atoms with Crippen LogP contribution in [0.4, 0.5) is 0 Å². The topological polar surface area (TPSA) is 25.8 Å². The van der Waals surface area contributed by atoms with E-state index in [2.05, 4.69) is 149 Å². The quantitative estimate of drug-likeness (QED) is 0.169. The molecule has 0 aliphatic rings. The van der Waals surface area contributed by atoms with Gasteiger partial charge in [0, 0.05) is 41.8 Å². The van der Waals surface area contributed by atoms with E-state index in [0.29, 0.717) is 6.51 Å². The van der Waals surface area contributed by atoms with E-state index in [0.717, 1.165) is 19.9 Å². The fourth-order valence-electron chi connectivity index (χ4n) is 2.68. The summed E-state index contributed by atoms with van der Waals surface area (Å²) in [5, 5.41) is 2.44. The lowest BCUT2D eigenvalue weighted by atomic mass is 10.2. The van der Waals surface area contributed by atoms with Crippen LogP contribution >= 0.6 is 114 Å². The number of aromatic nitrogens is 2. The van der Waals surface area contributed by atoms with Gasteiger partial charge < -0.3 is 48.0 Å². The molecule has 2 aromatic heterocycles. The lowest BCUT2D eigenvalue weighted by molar-refractivity contribution is -0.00100. The molecule has 2 atom stereocenters. The summed E-state index contributed by atoms with van der Waals surface area (Å²) in [6.07, 6.45) is 3.72. The minimum atomic E-state index is 0. The van der Waals surface area contributed by atoms with Crippen LogP contribution in [0.2, 0.25) is 0 Å². The maximum atomic E-state index is 4.44. The Balaban J connectivity index is 0.000000301. The van der Waals surface area contributed by atoms with E-state index < -0.39 is 0 Å². The Hall–Kier alpha value is 2.34. The zero-order valence-electron chi connectivity index (χ0n) is 16.5. The van der Waals surface area contributed by atoms with E-state index in [-0.39, 0.29) is 48.0 Å². The number of rotatable bonds is 6. The van der Waals surface area contributed by atoms with Crippen LogP contribution in [0, 0.1) is 0 Å². The average molecular weight is 1140 g/mol. The van der Waals surface area contributed by atoms with Gasteiger partial charge in [-0.15, -0.1) is 23.5 Å². The number of para-hydroxylation sites is 2. The molecule has 172 valence electrons. The molecule has 0 bridgehead atoms. The van der Waals surface area contributed by atoms with Gasteiger partial charge in [0.25, 0.3) is 0 Å². The Morgan fingerprint density at radius 1 is 0.625 bits per heavy atom. The standard InChI is InChI=1S/2C11H9I2NS.2HI/c2*12-7-10(13)15-9-5-1-3-8-4-2-6-14-11(8)9;;/h2*1-6,10H,7H2;2*1H/p-2. The molecule has 0 aliphatic heterocycles. The molecule has 4 aromatic rings. The van der Waals surface area contributed by atoms with Crippen molar-refractivity contribution in [2.45, 2.75) is 16.3 Å². The van der Waals surface area contributed by atoms with Crippen LogP contribution < -0.4 is 48.0 Å². The number of nitrogens with zero attached hydrogens (tertiary/aromatic N) is 2. The molecule has 2 nitrogen and oxygen atoms in total. The lowest BCUT2D eigenvalue weighted by Gasteiger charge is -2.07. The third kappa shape index (κ3) is 10.0. The molecule has 0 spiro atoms. The lowest BCUT2D eigenvalue weighted by Crippen LogP contribution is -3.00. The molecule has 2 aromatic carbocycles. The summed E-state index contributed by atoms with van der Waals surface area (Å²) in [6.45, 7) is 0. The van der Waals surface area contributed by atoms with Gasteiger partial charge in [0.15, 0.2) is 0 Å². The molecule has 2 unspecified atom stereocenters. The second-order valence-corrected chi connectivity index (χ2v) is 15.0. The Morgan fingerprint density at radius 2 is 1.00 bits per heavy atom. The molecule has 0 N–H and O–H groups in total. The van der Waals surface area contributed by atoms with Crippen molar-refractivity contribution in [2.75, 3.05) is 8.86 Å². The van der Waals surface area contributed by atoms with Crippen LogP contribution in [-0.2, 0) is 0 Å². The van der Waals surface area contributed by atoms with Crippen LogP contribution in [0.1, 0.15) is 0 Å². The Kier molecular flexibility index (Phi) is 17.9. The van der Waals surface area contributed by atoms with E-state index in [1.54, 1.807) is 0 Å². The molecule has 2 heterocycles. The highest BCUT2D eigenvalue weighted by molar-refractivity contribution is 14.1. The Morgan fingerprint density at radius 3 is 1.38 bits per heavy atom. The van der Waals surface area contributed by atoms with Gasteiger partial charge >= 0.3 is 0 Å². The number of hydrogen-bond acceptors (Lipinski definition) is 4. The summed E-state index contributed by atoms with van der Waals surface area (Å²) in [4.78, 5) is 11.4. The summed E-state index contributed by atoms with van der Waals surface area (Å²) in [5.41, 5.74) is 2.24. The molecule has 32 heavy (non-hydrogen) atoms. The fourth-order valence-corrected chi connectivity index (χ4v) is 6.96. The first kappa shape index (κ1) is 32.4. The van der Waals surface area contributed by atoms with E-state index in [9.17, 15) is 0 Å². The average Bonchev–Trinajstić information content (AvgIpc) is 2.80. The molecule has 0 saturated carbocycles. The fraction of sp³-hybridized carbons (Fsp3) is 0.182. The van der Waals surface area contributed by atoms with Crippen molar-refractivity contribution in [3.05, 3.63) is 73.1 Å². The molecule has 0 saturated heterocycles. The maximum Gasteiger partial charge on any atom is 0.0838 e. The monoisotopic (exact) mass is 1140 g/mol. The van der Waals surface area contributed by atoms with Crippen molar-refractivity contribution in [3.8, 4) is 0 Å². The van der Waals surface area contributed by atoms with Gasteiger partial charge in [-0.25, -0.2) is 0 Å². The molecule has 0 fully saturated rings. The first-order chi connectivity index (χ1) is 14.6. The third-order valence-corrected chi connectivity index (χ3v) is 14.7. The van der Waals surface area contributed by atoms with Gasteiger partial charge in [0.05, 0.1) is 17.5 Å². The highest BCUT2D eigenvalue weighted by Gasteiger charge is 2.08. The van der Waals surface area contributed by atoms with Crippen molar-refractivity contribution in [2.24, 2.45) is 0 Å². The number of benzene rings is 2. The summed E-state index contributed by atoms with van der Waals surface area (Å²) < 4.78 is 3.50. The molecule has 0 amide bonds. The normalized spacial score (nSPS) is 12.1. The zero-order valence-corrected chi connectivity index (χ0v) is 31.1. The first-order valence-corrected chi connectivity index (χ1v) is 16.3.